The molecule has 1 saturated heterocycles. The van der Waals surface area contributed by atoms with E-state index in [0.29, 0.717) is 41.6 Å². The number of nitrogens with one attached hydrogen (secondary N) is 3. The van der Waals surface area contributed by atoms with Gasteiger partial charge in [-0.15, -0.1) is 0 Å². The molecule has 4 heterocycles. The summed E-state index contributed by atoms with van der Waals surface area (Å²) in [6, 6.07) is 6.02. The number of carbonyl (C=O) groups excluding carboxylic acids is 2. The molecule has 41 heavy (non-hydrogen) atoms. The second kappa shape index (κ2) is 10.8. The minimum atomic E-state index is -0.646. The highest BCUT2D eigenvalue weighted by Gasteiger charge is 2.29. The molecule has 1 aromatic carbocycles. The average Bonchev–Trinajstić information content (AvgIpc) is 3.68. The van der Waals surface area contributed by atoms with Gasteiger partial charge in [-0.25, -0.2) is 14.2 Å². The number of nitrogens with zero attached hydrogens (tertiary/aromatic N) is 6. The van der Waals surface area contributed by atoms with Crippen LogP contribution in [0.4, 0.5) is 15.0 Å². The molecule has 3 aromatic heterocycles. The molecule has 2 atom stereocenters. The Labute approximate surface area is 236 Å². The van der Waals surface area contributed by atoms with E-state index in [2.05, 4.69) is 36.0 Å². The first kappa shape index (κ1) is 28.0. The minimum Gasteiger partial charge on any atom is -0.363 e. The average molecular weight is 564 g/mol. The maximum atomic E-state index is 15.4. The second-order valence-corrected chi connectivity index (χ2v) is 11.5. The summed E-state index contributed by atoms with van der Waals surface area (Å²) in [6.45, 7) is 8.59. The summed E-state index contributed by atoms with van der Waals surface area (Å²) in [5.41, 5.74) is 1.85. The number of aromatic amines is 1. The summed E-state index contributed by atoms with van der Waals surface area (Å²) >= 11 is 0. The predicted octanol–water partition coefficient (Wildman–Crippen LogP) is 4.10. The molecule has 1 unspecified atom stereocenters. The van der Waals surface area contributed by atoms with E-state index in [1.54, 1.807) is 49.1 Å². The molecule has 3 N–H and O–H groups in total. The number of hydrogen-bond donors (Lipinski definition) is 3. The first-order valence-electron chi connectivity index (χ1n) is 13.4. The van der Waals surface area contributed by atoms with Gasteiger partial charge in [-0.2, -0.15) is 10.1 Å². The van der Waals surface area contributed by atoms with Gasteiger partial charge in [0, 0.05) is 50.4 Å². The zero-order valence-electron chi connectivity index (χ0n) is 23.9. The number of benzene rings is 1. The molecule has 1 aliphatic rings. The number of H-pyrrole nitrogens is 1. The molecular weight excluding hydrogens is 529 g/mol. The van der Waals surface area contributed by atoms with Crippen LogP contribution < -0.4 is 10.6 Å². The molecular formula is C28H34FN9O3. The van der Waals surface area contributed by atoms with E-state index in [9.17, 15) is 9.59 Å². The lowest BCUT2D eigenvalue weighted by molar-refractivity contribution is 0.0925. The fraction of sp³-hybridized carbons (Fsp3) is 0.429. The number of carbonyl (C=O) groups is 2. The first-order valence-corrected chi connectivity index (χ1v) is 13.4. The van der Waals surface area contributed by atoms with Gasteiger partial charge in [0.2, 0.25) is 5.89 Å². The molecule has 1 fully saturated rings. The van der Waals surface area contributed by atoms with Crippen LogP contribution in [0.5, 0.6) is 0 Å². The van der Waals surface area contributed by atoms with E-state index >= 15 is 4.39 Å². The number of anilines is 1. The molecule has 0 aliphatic carbocycles. The van der Waals surface area contributed by atoms with E-state index in [-0.39, 0.29) is 17.9 Å². The Morgan fingerprint density at radius 1 is 1.24 bits per heavy atom. The fourth-order valence-electron chi connectivity index (χ4n) is 4.83. The van der Waals surface area contributed by atoms with Crippen LogP contribution in [0.15, 0.2) is 35.0 Å². The van der Waals surface area contributed by atoms with Gasteiger partial charge < -0.3 is 25.0 Å². The summed E-state index contributed by atoms with van der Waals surface area (Å²) in [7, 11) is 3.47. The van der Waals surface area contributed by atoms with Crippen molar-refractivity contribution in [3.05, 3.63) is 53.6 Å². The van der Waals surface area contributed by atoms with Gasteiger partial charge >= 0.3 is 6.03 Å². The Morgan fingerprint density at radius 2 is 2.02 bits per heavy atom. The van der Waals surface area contributed by atoms with E-state index in [1.165, 1.54) is 6.07 Å². The number of rotatable bonds is 6. The van der Waals surface area contributed by atoms with E-state index in [4.69, 9.17) is 4.52 Å². The van der Waals surface area contributed by atoms with Crippen LogP contribution in [0, 0.1) is 5.82 Å². The Balaban J connectivity index is 1.34. The van der Waals surface area contributed by atoms with Crippen LogP contribution in [-0.4, -0.2) is 80.3 Å². The van der Waals surface area contributed by atoms with Crippen molar-refractivity contribution in [2.75, 3.05) is 32.5 Å². The van der Waals surface area contributed by atoms with Crippen LogP contribution in [0.1, 0.15) is 62.2 Å². The van der Waals surface area contributed by atoms with Crippen LogP contribution in [0.25, 0.3) is 22.2 Å². The Bertz CT molecular complexity index is 1590. The summed E-state index contributed by atoms with van der Waals surface area (Å²) in [5, 5.41) is 18.0. The highest BCUT2D eigenvalue weighted by atomic mass is 19.1. The second-order valence-electron chi connectivity index (χ2n) is 11.5. The molecule has 0 radical (unpaired) electrons. The molecule has 0 saturated carbocycles. The smallest absolute Gasteiger partial charge is 0.319 e. The number of aromatic nitrogens is 5. The van der Waals surface area contributed by atoms with Gasteiger partial charge in [0.05, 0.1) is 11.4 Å². The number of amides is 3. The summed E-state index contributed by atoms with van der Waals surface area (Å²) < 4.78 is 20.6. The molecule has 13 heteroatoms. The lowest BCUT2D eigenvalue weighted by Crippen LogP contribution is -2.38. The summed E-state index contributed by atoms with van der Waals surface area (Å²) in [4.78, 5) is 36.9. The Morgan fingerprint density at radius 3 is 2.71 bits per heavy atom. The van der Waals surface area contributed by atoms with Gasteiger partial charge in [0.15, 0.2) is 11.5 Å². The maximum Gasteiger partial charge on any atom is 0.319 e. The lowest BCUT2D eigenvalue weighted by Gasteiger charge is -2.21. The van der Waals surface area contributed by atoms with Crippen molar-refractivity contribution in [2.24, 2.45) is 0 Å². The van der Waals surface area contributed by atoms with Gasteiger partial charge in [-0.1, -0.05) is 38.1 Å². The third-order valence-electron chi connectivity index (χ3n) is 7.04. The van der Waals surface area contributed by atoms with E-state index in [1.807, 2.05) is 26.8 Å². The molecule has 216 valence electrons. The lowest BCUT2D eigenvalue weighted by atomic mass is 9.97. The number of fused-ring (bicyclic) bond motifs is 1. The zero-order valence-corrected chi connectivity index (χ0v) is 23.9. The van der Waals surface area contributed by atoms with Gasteiger partial charge in [-0.05, 0) is 36.6 Å². The van der Waals surface area contributed by atoms with Crippen LogP contribution in [-0.2, 0) is 5.41 Å². The molecule has 0 bridgehead atoms. The molecule has 3 amide bonds. The minimum absolute atomic E-state index is 0.0145. The summed E-state index contributed by atoms with van der Waals surface area (Å²) in [5.74, 6) is -0.199. The molecule has 0 spiro atoms. The number of pyridine rings is 1. The molecule has 1 aliphatic heterocycles. The predicted molar refractivity (Wildman–Crippen MR) is 151 cm³/mol. The van der Waals surface area contributed by atoms with Crippen LogP contribution in [0.3, 0.4) is 0 Å². The molecule has 12 nitrogen and oxygen atoms in total. The SMILES string of the molecule is CC(NC(=O)c1noc(C(C)(C)C)n1)c1ccc(-c2ccnc3[nH]nc(N[C@@H]4CCN(C(=O)N(C)C)C4)c23)cc1F. The van der Waals surface area contributed by atoms with Crippen molar-refractivity contribution in [1.82, 2.24) is 40.4 Å². The largest absolute Gasteiger partial charge is 0.363 e. The van der Waals surface area contributed by atoms with E-state index < -0.39 is 23.2 Å². The van der Waals surface area contributed by atoms with Crippen molar-refractivity contribution in [3.63, 3.8) is 0 Å². The Hall–Kier alpha value is -4.55. The van der Waals surface area contributed by atoms with E-state index in [0.717, 1.165) is 17.4 Å². The molecule has 4 aromatic rings. The topological polar surface area (TPSA) is 145 Å². The van der Waals surface area contributed by atoms with Crippen molar-refractivity contribution in [3.8, 4) is 11.1 Å². The highest BCUT2D eigenvalue weighted by molar-refractivity contribution is 6.00. The fourth-order valence-corrected chi connectivity index (χ4v) is 4.83. The summed E-state index contributed by atoms with van der Waals surface area (Å²) in [6.07, 6.45) is 2.41. The van der Waals surface area contributed by atoms with Crippen molar-refractivity contribution in [1.29, 1.82) is 0 Å². The first-order chi connectivity index (χ1) is 19.4. The van der Waals surface area contributed by atoms with Crippen molar-refractivity contribution >= 4 is 28.8 Å². The van der Waals surface area contributed by atoms with Gasteiger partial charge in [0.1, 0.15) is 5.82 Å². The third kappa shape index (κ3) is 5.70. The van der Waals surface area contributed by atoms with Crippen molar-refractivity contribution < 1.29 is 18.5 Å². The number of halogens is 1. The number of likely N-dealkylation sites (tertiary alicyclic amines) is 1. The normalized spacial score (nSPS) is 16.2. The quantitative estimate of drug-likeness (QED) is 0.318. The third-order valence-corrected chi connectivity index (χ3v) is 7.04. The highest BCUT2D eigenvalue weighted by Crippen LogP contribution is 2.34. The number of urea groups is 1. The van der Waals surface area contributed by atoms with Crippen LogP contribution in [0.2, 0.25) is 0 Å². The van der Waals surface area contributed by atoms with Crippen molar-refractivity contribution in [2.45, 2.75) is 51.6 Å². The van der Waals surface area contributed by atoms with Gasteiger partial charge in [0.25, 0.3) is 11.7 Å². The standard InChI is InChI=1S/C28H34FN9O3/c1-15(31-25(39)24-33-26(41-36-24)28(2,3)4)18-8-7-16(13-20(18)29)19-9-11-30-22-21(19)23(35-34-22)32-17-10-12-38(14-17)27(40)37(5)6/h7-9,11,13,15,17H,10,12,14H2,1-6H3,(H,31,39)(H2,30,32,34,35)/t15?,17-/m1/s1. The van der Waals surface area contributed by atoms with Crippen LogP contribution >= 0.6 is 0 Å². The monoisotopic (exact) mass is 563 g/mol. The molecule has 5 rings (SSSR count). The Kier molecular flexibility index (Phi) is 7.37. The maximum absolute atomic E-state index is 15.4. The van der Waals surface area contributed by atoms with Gasteiger partial charge in [-0.3, -0.25) is 9.89 Å². The number of hydrogen-bond acceptors (Lipinski definition) is 8. The zero-order chi connectivity index (χ0) is 29.5.